The molecular formula is C21H30N2O3. The topological polar surface area (TPSA) is 58.6 Å². The molecule has 1 aromatic rings. The first-order chi connectivity index (χ1) is 12.2. The largest absolute Gasteiger partial charge is 0.444 e. The summed E-state index contributed by atoms with van der Waals surface area (Å²) in [5, 5.41) is 3.52. The third kappa shape index (κ3) is 5.18. The van der Waals surface area contributed by atoms with Crippen LogP contribution < -0.4 is 5.32 Å². The van der Waals surface area contributed by atoms with Gasteiger partial charge >= 0.3 is 6.09 Å². The number of hydrogen-bond donors (Lipinski definition) is 1. The van der Waals surface area contributed by atoms with E-state index in [1.165, 1.54) is 12.5 Å². The van der Waals surface area contributed by atoms with Gasteiger partial charge in [-0.2, -0.15) is 0 Å². The van der Waals surface area contributed by atoms with Crippen LogP contribution >= 0.6 is 0 Å². The molecule has 0 spiro atoms. The van der Waals surface area contributed by atoms with Crippen LogP contribution in [0.3, 0.4) is 0 Å². The molecule has 0 saturated carbocycles. The van der Waals surface area contributed by atoms with Crippen molar-refractivity contribution in [2.45, 2.75) is 58.3 Å². The van der Waals surface area contributed by atoms with Gasteiger partial charge in [-0.1, -0.05) is 36.4 Å². The number of carbonyl (C=O) groups is 2. The van der Waals surface area contributed by atoms with E-state index < -0.39 is 17.7 Å². The molecule has 2 rings (SSSR count). The number of nitrogens with one attached hydrogen (secondary N) is 1. The Hall–Kier alpha value is -2.14. The zero-order valence-electron chi connectivity index (χ0n) is 16.2. The van der Waals surface area contributed by atoms with Crippen LogP contribution in [0, 0.1) is 5.92 Å². The fourth-order valence-corrected chi connectivity index (χ4v) is 3.49. The van der Waals surface area contributed by atoms with Crippen LogP contribution in [0.2, 0.25) is 0 Å². The first kappa shape index (κ1) is 20.2. The van der Waals surface area contributed by atoms with Crippen molar-refractivity contribution in [2.24, 2.45) is 5.92 Å². The van der Waals surface area contributed by atoms with Crippen LogP contribution in [0.1, 0.15) is 39.7 Å². The molecule has 26 heavy (non-hydrogen) atoms. The Morgan fingerprint density at radius 1 is 1.31 bits per heavy atom. The minimum atomic E-state index is -0.595. The third-order valence-electron chi connectivity index (χ3n) is 4.55. The van der Waals surface area contributed by atoms with Crippen molar-refractivity contribution in [3.8, 4) is 0 Å². The van der Waals surface area contributed by atoms with Gasteiger partial charge in [0.25, 0.3) is 0 Å². The van der Waals surface area contributed by atoms with E-state index in [1.807, 2.05) is 45.0 Å². The highest BCUT2D eigenvalue weighted by Crippen LogP contribution is 2.30. The lowest BCUT2D eigenvalue weighted by Crippen LogP contribution is -2.44. The number of rotatable bonds is 6. The van der Waals surface area contributed by atoms with Crippen molar-refractivity contribution in [2.75, 3.05) is 6.54 Å². The number of Topliss-reactive ketones (excluding diaryl/α,β-unsaturated/α-hetero) is 1. The van der Waals surface area contributed by atoms with Crippen molar-refractivity contribution in [3.63, 3.8) is 0 Å². The molecule has 0 radical (unpaired) electrons. The molecule has 5 heteroatoms. The van der Waals surface area contributed by atoms with Crippen molar-refractivity contribution in [1.29, 1.82) is 0 Å². The summed E-state index contributed by atoms with van der Waals surface area (Å²) in [5.74, 6) is -0.0343. The molecule has 1 aliphatic rings. The van der Waals surface area contributed by atoms with Gasteiger partial charge in [0.15, 0.2) is 5.78 Å². The summed E-state index contributed by atoms with van der Waals surface area (Å²) in [5.41, 5.74) is 0.571. The van der Waals surface area contributed by atoms with Gasteiger partial charge in [0, 0.05) is 25.0 Å². The molecule has 1 N–H and O–H groups in total. The lowest BCUT2D eigenvalue weighted by Gasteiger charge is -2.28. The molecule has 1 aromatic carbocycles. The van der Waals surface area contributed by atoms with Gasteiger partial charge < -0.3 is 10.1 Å². The quantitative estimate of drug-likeness (QED) is 0.790. The van der Waals surface area contributed by atoms with Crippen molar-refractivity contribution >= 4 is 11.9 Å². The number of likely N-dealkylation sites (tertiary alicyclic amines) is 1. The van der Waals surface area contributed by atoms with E-state index in [0.29, 0.717) is 19.5 Å². The minimum absolute atomic E-state index is 0.00891. The normalized spacial score (nSPS) is 22.9. The summed E-state index contributed by atoms with van der Waals surface area (Å²) in [4.78, 5) is 26.5. The smallest absolute Gasteiger partial charge is 0.410 e. The average Bonchev–Trinajstić information content (AvgIpc) is 2.92. The van der Waals surface area contributed by atoms with Crippen LogP contribution in [-0.4, -0.2) is 41.0 Å². The highest BCUT2D eigenvalue weighted by Gasteiger charge is 2.46. The molecule has 5 nitrogen and oxygen atoms in total. The van der Waals surface area contributed by atoms with Gasteiger partial charge in [0.05, 0.1) is 6.04 Å². The number of allylic oxidation sites excluding steroid dienone is 1. The Balaban J connectivity index is 2.17. The first-order valence-corrected chi connectivity index (χ1v) is 9.11. The molecule has 1 amide bonds. The van der Waals surface area contributed by atoms with Crippen LogP contribution in [0.15, 0.2) is 43.0 Å². The molecule has 142 valence electrons. The third-order valence-corrected chi connectivity index (χ3v) is 4.55. The SMILES string of the molecule is C=CC[C@@H]1[C@@H](NCc2ccccc2)CN(C(=O)OC(C)(C)C)[C@@H]1C(C)=O. The number of benzene rings is 1. The van der Waals surface area contributed by atoms with E-state index in [9.17, 15) is 9.59 Å². The number of carbonyl (C=O) groups excluding carboxylic acids is 2. The number of ketones is 1. The summed E-state index contributed by atoms with van der Waals surface area (Å²) in [6.45, 7) is 12.0. The van der Waals surface area contributed by atoms with Gasteiger partial charge in [0.2, 0.25) is 0 Å². The highest BCUT2D eigenvalue weighted by atomic mass is 16.6. The Kier molecular flexibility index (Phi) is 6.59. The van der Waals surface area contributed by atoms with E-state index in [1.54, 1.807) is 4.90 Å². The Morgan fingerprint density at radius 3 is 2.50 bits per heavy atom. The first-order valence-electron chi connectivity index (χ1n) is 9.11. The Bertz CT molecular complexity index is 636. The minimum Gasteiger partial charge on any atom is -0.444 e. The number of hydrogen-bond acceptors (Lipinski definition) is 4. The van der Waals surface area contributed by atoms with E-state index in [2.05, 4.69) is 24.0 Å². The second-order valence-corrected chi connectivity index (χ2v) is 7.85. The lowest BCUT2D eigenvalue weighted by atomic mass is 9.90. The molecular weight excluding hydrogens is 328 g/mol. The molecule has 0 aliphatic carbocycles. The highest BCUT2D eigenvalue weighted by molar-refractivity contribution is 5.86. The van der Waals surface area contributed by atoms with E-state index in [-0.39, 0.29) is 17.7 Å². The summed E-state index contributed by atoms with van der Waals surface area (Å²) in [6.07, 6.45) is 2.04. The molecule has 1 aliphatic heterocycles. The molecule has 1 saturated heterocycles. The monoisotopic (exact) mass is 358 g/mol. The predicted molar refractivity (Wildman–Crippen MR) is 103 cm³/mol. The standard InChI is InChI=1S/C21H30N2O3/c1-6-10-17-18(22-13-16-11-8-7-9-12-16)14-23(19(17)15(2)24)20(25)26-21(3,4)5/h6-9,11-12,17-19,22H,1,10,13-14H2,2-5H3/t17-,18+,19-/m1/s1. The maximum Gasteiger partial charge on any atom is 0.410 e. The Morgan fingerprint density at radius 2 is 1.96 bits per heavy atom. The Labute approximate surface area is 156 Å². The molecule has 3 atom stereocenters. The molecule has 0 bridgehead atoms. The van der Waals surface area contributed by atoms with E-state index in [0.717, 1.165) is 0 Å². The second kappa shape index (κ2) is 8.49. The maximum absolute atomic E-state index is 12.6. The fourth-order valence-electron chi connectivity index (χ4n) is 3.49. The van der Waals surface area contributed by atoms with Crippen LogP contribution in [0.4, 0.5) is 4.79 Å². The van der Waals surface area contributed by atoms with Crippen LogP contribution in [0.25, 0.3) is 0 Å². The molecule has 1 heterocycles. The molecule has 0 unspecified atom stereocenters. The zero-order chi connectivity index (χ0) is 19.3. The van der Waals surface area contributed by atoms with Gasteiger partial charge in [0.1, 0.15) is 5.60 Å². The van der Waals surface area contributed by atoms with Crippen LogP contribution in [0.5, 0.6) is 0 Å². The van der Waals surface area contributed by atoms with E-state index >= 15 is 0 Å². The van der Waals surface area contributed by atoms with Gasteiger partial charge in [-0.15, -0.1) is 6.58 Å². The number of amides is 1. The maximum atomic E-state index is 12.6. The molecule has 1 fully saturated rings. The number of ether oxygens (including phenoxy) is 1. The zero-order valence-corrected chi connectivity index (χ0v) is 16.2. The van der Waals surface area contributed by atoms with Gasteiger partial charge in [-0.3, -0.25) is 9.69 Å². The van der Waals surface area contributed by atoms with E-state index in [4.69, 9.17) is 4.74 Å². The average molecular weight is 358 g/mol. The summed E-state index contributed by atoms with van der Waals surface area (Å²) < 4.78 is 5.52. The lowest BCUT2D eigenvalue weighted by molar-refractivity contribution is -0.122. The van der Waals surface area contributed by atoms with Gasteiger partial charge in [-0.25, -0.2) is 4.79 Å². The summed E-state index contributed by atoms with van der Waals surface area (Å²) >= 11 is 0. The van der Waals surface area contributed by atoms with Crippen LogP contribution in [-0.2, 0) is 16.1 Å². The van der Waals surface area contributed by atoms with Crippen molar-refractivity contribution in [3.05, 3.63) is 48.6 Å². The predicted octanol–water partition coefficient (Wildman–Crippen LogP) is 3.55. The van der Waals surface area contributed by atoms with Crippen molar-refractivity contribution in [1.82, 2.24) is 10.2 Å². The summed E-state index contributed by atoms with van der Waals surface area (Å²) in [7, 11) is 0. The van der Waals surface area contributed by atoms with Crippen molar-refractivity contribution < 1.29 is 14.3 Å². The molecule has 0 aromatic heterocycles. The fraction of sp³-hybridized carbons (Fsp3) is 0.524. The number of nitrogens with zero attached hydrogens (tertiary/aromatic N) is 1. The van der Waals surface area contributed by atoms with Gasteiger partial charge in [-0.05, 0) is 39.7 Å². The second-order valence-electron chi connectivity index (χ2n) is 7.85. The summed E-state index contributed by atoms with van der Waals surface area (Å²) in [6, 6.07) is 9.61.